The zero-order valence-corrected chi connectivity index (χ0v) is 12.2. The topological polar surface area (TPSA) is 26.0 Å². The van der Waals surface area contributed by atoms with Crippen LogP contribution in [0.4, 0.5) is 0 Å². The molecule has 0 aromatic heterocycles. The fourth-order valence-corrected chi connectivity index (χ4v) is 2.52. The maximum absolute atomic E-state index is 6.21. The van der Waals surface area contributed by atoms with Crippen LogP contribution in [0.25, 0.3) is 11.1 Å². The Balaban J connectivity index is 2.69. The van der Waals surface area contributed by atoms with Crippen LogP contribution in [0.5, 0.6) is 0 Å². The Bertz CT molecular complexity index is 596. The molecule has 0 heterocycles. The number of hydrogen-bond donors (Lipinski definition) is 1. The molecule has 0 saturated carbocycles. The third-order valence-corrected chi connectivity index (χ3v) is 4.15. The van der Waals surface area contributed by atoms with Crippen molar-refractivity contribution in [2.75, 3.05) is 0 Å². The fourth-order valence-electron chi connectivity index (χ4n) is 1.71. The molecular formula is C13H9Cl4N. The first-order valence-corrected chi connectivity index (χ1v) is 6.68. The van der Waals surface area contributed by atoms with Crippen molar-refractivity contribution in [2.24, 2.45) is 5.73 Å². The van der Waals surface area contributed by atoms with Crippen LogP contribution in [0.1, 0.15) is 5.56 Å². The average molecular weight is 321 g/mol. The molecule has 2 rings (SSSR count). The molecule has 0 unspecified atom stereocenters. The van der Waals surface area contributed by atoms with Gasteiger partial charge in [0.1, 0.15) is 0 Å². The van der Waals surface area contributed by atoms with Crippen LogP contribution in [-0.2, 0) is 6.54 Å². The van der Waals surface area contributed by atoms with Gasteiger partial charge in [-0.2, -0.15) is 0 Å². The number of benzene rings is 2. The van der Waals surface area contributed by atoms with Crippen molar-refractivity contribution in [1.29, 1.82) is 0 Å². The first-order chi connectivity index (χ1) is 8.54. The fraction of sp³-hybridized carbons (Fsp3) is 0.0769. The lowest BCUT2D eigenvalue weighted by molar-refractivity contribution is 1.07. The van der Waals surface area contributed by atoms with Crippen molar-refractivity contribution in [3.8, 4) is 11.1 Å². The maximum Gasteiger partial charge on any atom is 0.0784 e. The first-order valence-electron chi connectivity index (χ1n) is 5.17. The van der Waals surface area contributed by atoms with E-state index in [4.69, 9.17) is 52.1 Å². The maximum atomic E-state index is 6.21. The van der Waals surface area contributed by atoms with E-state index in [0.717, 1.165) is 16.7 Å². The Hall–Kier alpha value is -0.440. The Labute approximate surface area is 125 Å². The van der Waals surface area contributed by atoms with Gasteiger partial charge >= 0.3 is 0 Å². The Morgan fingerprint density at radius 1 is 0.833 bits per heavy atom. The second-order valence-electron chi connectivity index (χ2n) is 3.73. The molecule has 0 aliphatic rings. The van der Waals surface area contributed by atoms with Crippen LogP contribution in [0, 0.1) is 0 Å². The van der Waals surface area contributed by atoms with E-state index < -0.39 is 0 Å². The molecule has 0 bridgehead atoms. The Morgan fingerprint density at radius 2 is 1.56 bits per heavy atom. The van der Waals surface area contributed by atoms with Crippen LogP contribution >= 0.6 is 46.4 Å². The zero-order chi connectivity index (χ0) is 13.3. The summed E-state index contributed by atoms with van der Waals surface area (Å²) in [5.41, 5.74) is 8.30. The SMILES string of the molecule is NCc1ccc(Cl)cc1-c1ccc(Cl)c(Cl)c1Cl. The lowest BCUT2D eigenvalue weighted by Gasteiger charge is -2.12. The molecule has 2 N–H and O–H groups in total. The summed E-state index contributed by atoms with van der Waals surface area (Å²) in [5, 5.41) is 1.77. The van der Waals surface area contributed by atoms with Crippen molar-refractivity contribution in [2.45, 2.75) is 6.54 Å². The second kappa shape index (κ2) is 5.68. The van der Waals surface area contributed by atoms with Gasteiger partial charge in [-0.1, -0.05) is 58.5 Å². The zero-order valence-electron chi connectivity index (χ0n) is 9.18. The van der Waals surface area contributed by atoms with E-state index >= 15 is 0 Å². The minimum absolute atomic E-state index is 0.332. The lowest BCUT2D eigenvalue weighted by Crippen LogP contribution is -1.99. The number of rotatable bonds is 2. The van der Waals surface area contributed by atoms with Crippen LogP contribution in [0.15, 0.2) is 30.3 Å². The molecule has 0 aliphatic carbocycles. The molecule has 0 amide bonds. The molecule has 94 valence electrons. The summed E-state index contributed by atoms with van der Waals surface area (Å²) >= 11 is 24.2. The van der Waals surface area contributed by atoms with E-state index in [0.29, 0.717) is 26.6 Å². The summed E-state index contributed by atoms with van der Waals surface area (Å²) in [6.07, 6.45) is 0. The molecule has 0 aliphatic heterocycles. The molecule has 18 heavy (non-hydrogen) atoms. The summed E-state index contributed by atoms with van der Waals surface area (Å²) in [5.74, 6) is 0. The Morgan fingerprint density at radius 3 is 2.22 bits per heavy atom. The average Bonchev–Trinajstić information content (AvgIpc) is 2.36. The molecule has 2 aromatic rings. The number of halogens is 4. The van der Waals surface area contributed by atoms with Gasteiger partial charge in [-0.25, -0.2) is 0 Å². The van der Waals surface area contributed by atoms with E-state index in [1.54, 1.807) is 18.2 Å². The van der Waals surface area contributed by atoms with E-state index in [1.807, 2.05) is 12.1 Å². The molecule has 1 nitrogen and oxygen atoms in total. The molecule has 0 saturated heterocycles. The van der Waals surface area contributed by atoms with Crippen LogP contribution in [0.3, 0.4) is 0 Å². The minimum atomic E-state index is 0.332. The minimum Gasteiger partial charge on any atom is -0.326 e. The molecule has 0 fully saturated rings. The van der Waals surface area contributed by atoms with E-state index in [9.17, 15) is 0 Å². The van der Waals surface area contributed by atoms with Crippen LogP contribution in [0.2, 0.25) is 20.1 Å². The van der Waals surface area contributed by atoms with Crippen molar-refractivity contribution in [1.82, 2.24) is 0 Å². The van der Waals surface area contributed by atoms with E-state index in [-0.39, 0.29) is 0 Å². The molecule has 5 heteroatoms. The third kappa shape index (κ3) is 2.61. The molecular weight excluding hydrogens is 312 g/mol. The second-order valence-corrected chi connectivity index (χ2v) is 5.33. The highest BCUT2D eigenvalue weighted by molar-refractivity contribution is 6.49. The molecule has 0 radical (unpaired) electrons. The van der Waals surface area contributed by atoms with Gasteiger partial charge in [0.25, 0.3) is 0 Å². The van der Waals surface area contributed by atoms with Crippen molar-refractivity contribution in [3.63, 3.8) is 0 Å². The predicted octanol–water partition coefficient (Wildman–Crippen LogP) is 5.43. The first kappa shape index (κ1) is 14.0. The van der Waals surface area contributed by atoms with Crippen molar-refractivity contribution >= 4 is 46.4 Å². The quantitative estimate of drug-likeness (QED) is 0.734. The molecule has 0 atom stereocenters. The highest BCUT2D eigenvalue weighted by atomic mass is 35.5. The normalized spacial score (nSPS) is 10.7. The summed E-state index contributed by atoms with van der Waals surface area (Å²) in [7, 11) is 0. The van der Waals surface area contributed by atoms with Crippen molar-refractivity contribution in [3.05, 3.63) is 56.0 Å². The summed E-state index contributed by atoms with van der Waals surface area (Å²) < 4.78 is 0. The van der Waals surface area contributed by atoms with E-state index in [1.165, 1.54) is 0 Å². The molecule has 0 spiro atoms. The lowest BCUT2D eigenvalue weighted by atomic mass is 9.99. The van der Waals surface area contributed by atoms with Gasteiger partial charge in [0.05, 0.1) is 15.1 Å². The highest BCUT2D eigenvalue weighted by Crippen LogP contribution is 2.39. The Kier molecular flexibility index (Phi) is 4.41. The van der Waals surface area contributed by atoms with Gasteiger partial charge in [0.15, 0.2) is 0 Å². The number of nitrogens with two attached hydrogens (primary N) is 1. The van der Waals surface area contributed by atoms with Crippen LogP contribution < -0.4 is 5.73 Å². The summed E-state index contributed by atoms with van der Waals surface area (Å²) in [6, 6.07) is 8.98. The number of hydrogen-bond acceptors (Lipinski definition) is 1. The predicted molar refractivity (Wildman–Crippen MR) is 79.8 cm³/mol. The van der Waals surface area contributed by atoms with E-state index in [2.05, 4.69) is 0 Å². The van der Waals surface area contributed by atoms with Gasteiger partial charge in [-0.3, -0.25) is 0 Å². The monoisotopic (exact) mass is 319 g/mol. The van der Waals surface area contributed by atoms with Gasteiger partial charge in [-0.15, -0.1) is 0 Å². The third-order valence-electron chi connectivity index (χ3n) is 2.62. The molecule has 2 aromatic carbocycles. The van der Waals surface area contributed by atoms with Gasteiger partial charge in [-0.05, 0) is 29.3 Å². The smallest absolute Gasteiger partial charge is 0.0784 e. The summed E-state index contributed by atoms with van der Waals surface area (Å²) in [6.45, 7) is 0.392. The van der Waals surface area contributed by atoms with Crippen molar-refractivity contribution < 1.29 is 0 Å². The van der Waals surface area contributed by atoms with Gasteiger partial charge < -0.3 is 5.73 Å². The van der Waals surface area contributed by atoms with Crippen LogP contribution in [-0.4, -0.2) is 0 Å². The van der Waals surface area contributed by atoms with Gasteiger partial charge in [0.2, 0.25) is 0 Å². The summed E-state index contributed by atoms with van der Waals surface area (Å²) in [4.78, 5) is 0. The standard InChI is InChI=1S/C13H9Cl4N/c14-8-2-1-7(6-18)10(5-8)9-3-4-11(15)13(17)12(9)16/h1-5H,6,18H2. The highest BCUT2D eigenvalue weighted by Gasteiger charge is 2.13. The largest absolute Gasteiger partial charge is 0.326 e. The van der Waals surface area contributed by atoms with Gasteiger partial charge in [0, 0.05) is 17.1 Å².